The Kier molecular flexibility index (Phi) is 5.38. The van der Waals surface area contributed by atoms with Crippen LogP contribution < -0.4 is 5.32 Å². The van der Waals surface area contributed by atoms with E-state index in [4.69, 9.17) is 4.42 Å². The predicted molar refractivity (Wildman–Crippen MR) is 107 cm³/mol. The number of rotatable bonds is 4. The van der Waals surface area contributed by atoms with Crippen molar-refractivity contribution >= 4 is 33.3 Å². The monoisotopic (exact) mass is 384 g/mol. The van der Waals surface area contributed by atoms with Gasteiger partial charge >= 0.3 is 0 Å². The smallest absolute Gasteiger partial charge is 0.264 e. The number of nitrogens with one attached hydrogen (secondary N) is 1. The molecule has 142 valence electrons. The molecule has 0 radical (unpaired) electrons. The van der Waals surface area contributed by atoms with Gasteiger partial charge in [0.1, 0.15) is 22.7 Å². The van der Waals surface area contributed by atoms with Crippen LogP contribution in [0.2, 0.25) is 0 Å². The van der Waals surface area contributed by atoms with Crippen molar-refractivity contribution in [3.63, 3.8) is 0 Å². The number of thiophene rings is 1. The molecule has 4 rings (SSSR count). The van der Waals surface area contributed by atoms with Crippen LogP contribution in [0.5, 0.6) is 0 Å². The summed E-state index contributed by atoms with van der Waals surface area (Å²) in [5, 5.41) is 4.25. The van der Waals surface area contributed by atoms with Crippen LogP contribution in [0.25, 0.3) is 10.2 Å². The molecule has 0 bridgehead atoms. The van der Waals surface area contributed by atoms with Crippen LogP contribution in [-0.4, -0.2) is 33.9 Å². The quantitative estimate of drug-likeness (QED) is 0.711. The first-order valence-electron chi connectivity index (χ1n) is 9.53. The Morgan fingerprint density at radius 3 is 2.74 bits per heavy atom. The van der Waals surface area contributed by atoms with E-state index in [0.29, 0.717) is 6.54 Å². The zero-order valence-corrected chi connectivity index (χ0v) is 16.3. The van der Waals surface area contributed by atoms with Crippen molar-refractivity contribution < 1.29 is 9.21 Å². The Bertz CT molecular complexity index is 912. The molecule has 1 N–H and O–H groups in total. The molecule has 0 aliphatic carbocycles. The van der Waals surface area contributed by atoms with Crippen LogP contribution in [0, 0.1) is 6.92 Å². The maximum Gasteiger partial charge on any atom is 0.264 e. The van der Waals surface area contributed by atoms with Crippen LogP contribution in [-0.2, 0) is 6.54 Å². The Hall–Kier alpha value is -2.41. The Morgan fingerprint density at radius 2 is 2.00 bits per heavy atom. The highest BCUT2D eigenvalue weighted by Crippen LogP contribution is 2.34. The molecule has 1 saturated heterocycles. The lowest BCUT2D eigenvalue weighted by Gasteiger charge is -2.24. The van der Waals surface area contributed by atoms with Crippen molar-refractivity contribution in [2.75, 3.05) is 18.4 Å². The molecule has 7 heteroatoms. The zero-order chi connectivity index (χ0) is 18.6. The highest BCUT2D eigenvalue weighted by atomic mass is 32.1. The summed E-state index contributed by atoms with van der Waals surface area (Å²) in [7, 11) is 0. The lowest BCUT2D eigenvalue weighted by molar-refractivity contribution is 0.0747. The maximum atomic E-state index is 13.2. The lowest BCUT2D eigenvalue weighted by Crippen LogP contribution is -2.33. The van der Waals surface area contributed by atoms with Gasteiger partial charge in [-0.15, -0.1) is 11.3 Å². The molecular weight excluding hydrogens is 360 g/mol. The van der Waals surface area contributed by atoms with E-state index in [9.17, 15) is 4.79 Å². The number of hydrogen-bond acceptors (Lipinski definition) is 6. The van der Waals surface area contributed by atoms with Crippen LogP contribution >= 0.6 is 11.3 Å². The van der Waals surface area contributed by atoms with Crippen molar-refractivity contribution in [3.05, 3.63) is 40.9 Å². The summed E-state index contributed by atoms with van der Waals surface area (Å²) in [5.41, 5.74) is 0.963. The molecule has 3 aromatic heterocycles. The first-order valence-corrected chi connectivity index (χ1v) is 10.4. The Labute approximate surface area is 162 Å². The largest absolute Gasteiger partial charge is 0.467 e. The van der Waals surface area contributed by atoms with Gasteiger partial charge in [-0.2, -0.15) is 0 Å². The van der Waals surface area contributed by atoms with Crippen molar-refractivity contribution in [3.8, 4) is 0 Å². The number of hydrogen-bond donors (Lipinski definition) is 1. The minimum absolute atomic E-state index is 0.134. The van der Waals surface area contributed by atoms with Gasteiger partial charge in [0.2, 0.25) is 0 Å². The van der Waals surface area contributed by atoms with E-state index in [1.165, 1.54) is 30.6 Å². The first-order chi connectivity index (χ1) is 13.2. The second kappa shape index (κ2) is 8.08. The van der Waals surface area contributed by atoms with Gasteiger partial charge in [0.25, 0.3) is 5.91 Å². The summed E-state index contributed by atoms with van der Waals surface area (Å²) >= 11 is 1.47. The predicted octanol–water partition coefficient (Wildman–Crippen LogP) is 4.61. The maximum absolute atomic E-state index is 13.2. The molecular formula is C20H24N4O2S. The Morgan fingerprint density at radius 1 is 1.22 bits per heavy atom. The second-order valence-electron chi connectivity index (χ2n) is 6.95. The van der Waals surface area contributed by atoms with E-state index in [-0.39, 0.29) is 5.91 Å². The lowest BCUT2D eigenvalue weighted by atomic mass is 10.1. The normalized spacial score (nSPS) is 15.5. The SMILES string of the molecule is Cc1c(C(=O)N2CCCCCCC2)sc2ncnc(NCc3ccco3)c12. The third-order valence-corrected chi connectivity index (χ3v) is 6.26. The number of aryl methyl sites for hydroxylation is 1. The number of likely N-dealkylation sites (tertiary alicyclic amines) is 1. The van der Waals surface area contributed by atoms with Gasteiger partial charge in [-0.05, 0) is 37.5 Å². The summed E-state index contributed by atoms with van der Waals surface area (Å²) in [4.78, 5) is 25.6. The fourth-order valence-electron chi connectivity index (χ4n) is 3.59. The van der Waals surface area contributed by atoms with Gasteiger partial charge in [0.15, 0.2) is 0 Å². The van der Waals surface area contributed by atoms with Crippen LogP contribution in [0.15, 0.2) is 29.1 Å². The molecule has 0 unspecified atom stereocenters. The molecule has 3 aromatic rings. The third kappa shape index (κ3) is 3.83. The van der Waals surface area contributed by atoms with Gasteiger partial charge in [-0.3, -0.25) is 4.79 Å². The van der Waals surface area contributed by atoms with E-state index in [1.807, 2.05) is 24.0 Å². The van der Waals surface area contributed by atoms with Crippen molar-refractivity contribution in [2.45, 2.75) is 45.6 Å². The van der Waals surface area contributed by atoms with E-state index >= 15 is 0 Å². The Balaban J connectivity index is 1.61. The number of carbonyl (C=O) groups is 1. The first kappa shape index (κ1) is 18.0. The van der Waals surface area contributed by atoms with Crippen molar-refractivity contribution in [1.82, 2.24) is 14.9 Å². The van der Waals surface area contributed by atoms with Crippen LogP contribution in [0.4, 0.5) is 5.82 Å². The summed E-state index contributed by atoms with van der Waals surface area (Å²) in [5.74, 6) is 1.72. The topological polar surface area (TPSA) is 71.3 Å². The number of aromatic nitrogens is 2. The highest BCUT2D eigenvalue weighted by molar-refractivity contribution is 7.20. The molecule has 0 atom stereocenters. The van der Waals surface area contributed by atoms with Crippen LogP contribution in [0.1, 0.15) is 53.1 Å². The molecule has 6 nitrogen and oxygen atoms in total. The number of carbonyl (C=O) groups excluding carboxylic acids is 1. The number of anilines is 1. The summed E-state index contributed by atoms with van der Waals surface area (Å²) in [6.45, 7) is 4.24. The number of amides is 1. The molecule has 27 heavy (non-hydrogen) atoms. The van der Waals surface area contributed by atoms with E-state index < -0.39 is 0 Å². The number of nitrogens with zero attached hydrogens (tertiary/aromatic N) is 3. The van der Waals surface area contributed by atoms with Crippen molar-refractivity contribution in [1.29, 1.82) is 0 Å². The van der Waals surface area contributed by atoms with Gasteiger partial charge in [-0.25, -0.2) is 9.97 Å². The van der Waals surface area contributed by atoms with E-state index in [1.54, 1.807) is 12.6 Å². The molecule has 0 spiro atoms. The van der Waals surface area contributed by atoms with Crippen molar-refractivity contribution in [2.24, 2.45) is 0 Å². The highest BCUT2D eigenvalue weighted by Gasteiger charge is 2.24. The van der Waals surface area contributed by atoms with Gasteiger partial charge < -0.3 is 14.6 Å². The van der Waals surface area contributed by atoms with Gasteiger partial charge in [-0.1, -0.05) is 19.3 Å². The fourth-order valence-corrected chi connectivity index (χ4v) is 4.70. The molecule has 1 aliphatic rings. The second-order valence-corrected chi connectivity index (χ2v) is 7.95. The molecule has 4 heterocycles. The molecule has 1 aliphatic heterocycles. The van der Waals surface area contributed by atoms with Crippen LogP contribution in [0.3, 0.4) is 0 Å². The zero-order valence-electron chi connectivity index (χ0n) is 15.5. The molecule has 0 saturated carbocycles. The van der Waals surface area contributed by atoms with E-state index in [2.05, 4.69) is 15.3 Å². The summed E-state index contributed by atoms with van der Waals surface area (Å²) in [6, 6.07) is 3.78. The molecule has 0 aromatic carbocycles. The average molecular weight is 385 g/mol. The summed E-state index contributed by atoms with van der Waals surface area (Å²) < 4.78 is 5.38. The van der Waals surface area contributed by atoms with Gasteiger partial charge in [0.05, 0.1) is 23.1 Å². The fraction of sp³-hybridized carbons (Fsp3) is 0.450. The molecule has 1 fully saturated rings. The average Bonchev–Trinajstić information content (AvgIpc) is 3.28. The third-order valence-electron chi connectivity index (χ3n) is 5.07. The van der Waals surface area contributed by atoms with Gasteiger partial charge in [0, 0.05) is 13.1 Å². The standard InChI is InChI=1S/C20H24N4O2S/c1-14-16-18(21-12-15-8-7-11-26-15)22-13-23-19(16)27-17(14)20(25)24-9-5-3-2-4-6-10-24/h7-8,11,13H,2-6,9-10,12H2,1H3,(H,21,22,23). The number of fused-ring (bicyclic) bond motifs is 1. The summed E-state index contributed by atoms with van der Waals surface area (Å²) in [6.07, 6.45) is 9.08. The minimum atomic E-state index is 0.134. The minimum Gasteiger partial charge on any atom is -0.467 e. The molecule has 1 amide bonds. The number of furan rings is 1. The van der Waals surface area contributed by atoms with E-state index in [0.717, 1.165) is 58.2 Å².